The number of hydrogen-bond donors (Lipinski definition) is 0. The molecule has 1 aromatic heterocycles. The van der Waals surface area contributed by atoms with E-state index in [-0.39, 0.29) is 6.04 Å². The summed E-state index contributed by atoms with van der Waals surface area (Å²) in [6.45, 7) is 0. The van der Waals surface area contributed by atoms with Crippen molar-refractivity contribution < 1.29 is 0 Å². The van der Waals surface area contributed by atoms with E-state index < -0.39 is 0 Å². The smallest absolute Gasteiger partial charge is 0.214 e. The molecule has 5 nitrogen and oxygen atoms in total. The molecule has 23 heavy (non-hydrogen) atoms. The third kappa shape index (κ3) is 2.68. The van der Waals surface area contributed by atoms with E-state index in [0.717, 1.165) is 21.3 Å². The van der Waals surface area contributed by atoms with Crippen molar-refractivity contribution >= 4 is 39.2 Å². The molecule has 0 saturated heterocycles. The predicted octanol–water partition coefficient (Wildman–Crippen LogP) is 4.20. The van der Waals surface area contributed by atoms with Crippen LogP contribution in [-0.2, 0) is 0 Å². The lowest BCUT2D eigenvalue weighted by molar-refractivity contribution is 0.515. The van der Waals surface area contributed by atoms with E-state index in [4.69, 9.17) is 11.6 Å². The molecule has 0 radical (unpaired) electrons. The molecule has 0 saturated carbocycles. The minimum absolute atomic E-state index is 0.0650. The highest BCUT2D eigenvalue weighted by molar-refractivity contribution is 9.10. The summed E-state index contributed by atoms with van der Waals surface area (Å²) >= 11 is 9.83. The highest BCUT2D eigenvalue weighted by Gasteiger charge is 2.28. The fourth-order valence-corrected chi connectivity index (χ4v) is 3.24. The van der Waals surface area contributed by atoms with Gasteiger partial charge in [0.15, 0.2) is 0 Å². The Labute approximate surface area is 146 Å². The summed E-state index contributed by atoms with van der Waals surface area (Å²) < 4.78 is 2.76. The Kier molecular flexibility index (Phi) is 3.71. The van der Waals surface area contributed by atoms with Crippen molar-refractivity contribution in [3.63, 3.8) is 0 Å². The fraction of sp³-hybridized carbons (Fsp3) is 0.125. The average molecular weight is 389 g/mol. The average Bonchev–Trinajstić information content (AvgIpc) is 3.04. The lowest BCUT2D eigenvalue weighted by Crippen LogP contribution is -2.21. The van der Waals surface area contributed by atoms with Gasteiger partial charge in [-0.3, -0.25) is 0 Å². The number of hydrogen-bond acceptors (Lipinski definition) is 4. The van der Waals surface area contributed by atoms with Crippen molar-refractivity contribution in [1.82, 2.24) is 20.2 Å². The number of aliphatic imine (C=N–C) groups is 1. The van der Waals surface area contributed by atoms with Gasteiger partial charge in [0.1, 0.15) is 0 Å². The van der Waals surface area contributed by atoms with Gasteiger partial charge in [-0.05, 0) is 39.8 Å². The Morgan fingerprint density at radius 3 is 2.65 bits per heavy atom. The second kappa shape index (κ2) is 5.86. The predicted molar refractivity (Wildman–Crippen MR) is 92.4 cm³/mol. The zero-order valence-corrected chi connectivity index (χ0v) is 14.2. The SMILES string of the molecule is Clc1ccccc1C1CC(c2ccc(Br)cc2)=Nc2nnnn21. The normalized spacial score (nSPS) is 16.8. The van der Waals surface area contributed by atoms with E-state index in [9.17, 15) is 0 Å². The summed E-state index contributed by atoms with van der Waals surface area (Å²) in [5, 5.41) is 12.6. The van der Waals surface area contributed by atoms with Gasteiger partial charge < -0.3 is 0 Å². The van der Waals surface area contributed by atoms with Gasteiger partial charge in [0.25, 0.3) is 5.95 Å². The van der Waals surface area contributed by atoms with E-state index >= 15 is 0 Å². The van der Waals surface area contributed by atoms with Crippen molar-refractivity contribution in [3.05, 3.63) is 69.2 Å². The first-order valence-electron chi connectivity index (χ1n) is 7.08. The molecule has 114 valence electrons. The zero-order chi connectivity index (χ0) is 15.8. The standard InChI is InChI=1S/C16H11BrClN5/c17-11-7-5-10(6-8-11)14-9-15(12-3-1-2-4-13(12)18)23-16(19-14)20-21-22-23/h1-8,15H,9H2. The van der Waals surface area contributed by atoms with Gasteiger partial charge in [-0.2, -0.15) is 0 Å². The molecule has 0 spiro atoms. The van der Waals surface area contributed by atoms with Crippen molar-refractivity contribution in [2.24, 2.45) is 4.99 Å². The molecule has 4 rings (SSSR count). The van der Waals surface area contributed by atoms with Gasteiger partial charge in [0.2, 0.25) is 0 Å². The van der Waals surface area contributed by atoms with Crippen LogP contribution in [0.3, 0.4) is 0 Å². The summed E-state index contributed by atoms with van der Waals surface area (Å²) in [7, 11) is 0. The molecule has 2 heterocycles. The molecule has 1 aliphatic heterocycles. The van der Waals surface area contributed by atoms with Crippen molar-refractivity contribution in [2.75, 3.05) is 0 Å². The van der Waals surface area contributed by atoms with Crippen LogP contribution < -0.4 is 0 Å². The van der Waals surface area contributed by atoms with Crippen molar-refractivity contribution in [3.8, 4) is 0 Å². The molecule has 1 atom stereocenters. The van der Waals surface area contributed by atoms with E-state index in [0.29, 0.717) is 17.4 Å². The number of rotatable bonds is 2. The lowest BCUT2D eigenvalue weighted by Gasteiger charge is -2.23. The Balaban J connectivity index is 1.81. The van der Waals surface area contributed by atoms with E-state index in [1.54, 1.807) is 4.68 Å². The van der Waals surface area contributed by atoms with Crippen molar-refractivity contribution in [1.29, 1.82) is 0 Å². The summed E-state index contributed by atoms with van der Waals surface area (Å²) in [5.74, 6) is 0.499. The second-order valence-corrected chi connectivity index (χ2v) is 6.55. The number of nitrogens with zero attached hydrogens (tertiary/aromatic N) is 5. The molecule has 2 aromatic carbocycles. The van der Waals surface area contributed by atoms with E-state index in [1.807, 2.05) is 48.5 Å². The zero-order valence-electron chi connectivity index (χ0n) is 11.9. The van der Waals surface area contributed by atoms with Crippen LogP contribution in [0.4, 0.5) is 5.95 Å². The molecular formula is C16H11BrClN5. The number of aromatic nitrogens is 4. The second-order valence-electron chi connectivity index (χ2n) is 5.23. The van der Waals surface area contributed by atoms with Crippen LogP contribution in [0.25, 0.3) is 0 Å². The fourth-order valence-electron chi connectivity index (χ4n) is 2.71. The summed E-state index contributed by atoms with van der Waals surface area (Å²) in [5.41, 5.74) is 3.00. The molecule has 0 aliphatic carbocycles. The number of tetrazole rings is 1. The van der Waals surface area contributed by atoms with Gasteiger partial charge in [0, 0.05) is 15.9 Å². The third-order valence-electron chi connectivity index (χ3n) is 3.83. The first-order chi connectivity index (χ1) is 11.2. The Morgan fingerprint density at radius 1 is 1.09 bits per heavy atom. The molecule has 0 bridgehead atoms. The number of benzene rings is 2. The Morgan fingerprint density at radius 2 is 1.87 bits per heavy atom. The van der Waals surface area contributed by atoms with Crippen LogP contribution in [0, 0.1) is 0 Å². The maximum Gasteiger partial charge on any atom is 0.269 e. The van der Waals surface area contributed by atoms with Gasteiger partial charge in [-0.15, -0.1) is 0 Å². The molecule has 0 fully saturated rings. The maximum atomic E-state index is 6.38. The maximum absolute atomic E-state index is 6.38. The largest absolute Gasteiger partial charge is 0.269 e. The van der Waals surface area contributed by atoms with Crippen LogP contribution in [0.5, 0.6) is 0 Å². The van der Waals surface area contributed by atoms with Crippen LogP contribution in [0.1, 0.15) is 23.6 Å². The number of fused-ring (bicyclic) bond motifs is 1. The molecule has 0 N–H and O–H groups in total. The Hall–Kier alpha value is -2.05. The summed E-state index contributed by atoms with van der Waals surface area (Å²) in [6.07, 6.45) is 0.684. The molecule has 3 aromatic rings. The van der Waals surface area contributed by atoms with Gasteiger partial charge in [-0.25, -0.2) is 9.67 Å². The van der Waals surface area contributed by atoms with Gasteiger partial charge in [-0.1, -0.05) is 63.0 Å². The van der Waals surface area contributed by atoms with Gasteiger partial charge in [0.05, 0.1) is 11.8 Å². The van der Waals surface area contributed by atoms with Gasteiger partial charge >= 0.3 is 0 Å². The van der Waals surface area contributed by atoms with Crippen LogP contribution in [0.15, 0.2) is 58.0 Å². The van der Waals surface area contributed by atoms with Crippen LogP contribution in [0.2, 0.25) is 5.02 Å². The minimum Gasteiger partial charge on any atom is -0.214 e. The van der Waals surface area contributed by atoms with E-state index in [1.165, 1.54) is 0 Å². The monoisotopic (exact) mass is 387 g/mol. The highest BCUT2D eigenvalue weighted by atomic mass is 79.9. The van der Waals surface area contributed by atoms with Crippen LogP contribution in [-0.4, -0.2) is 25.9 Å². The van der Waals surface area contributed by atoms with E-state index in [2.05, 4.69) is 36.4 Å². The summed E-state index contributed by atoms with van der Waals surface area (Å²) in [6, 6.07) is 15.8. The van der Waals surface area contributed by atoms with Crippen LogP contribution >= 0.6 is 27.5 Å². The lowest BCUT2D eigenvalue weighted by atomic mass is 9.96. The Bertz CT molecular complexity index is 887. The summed E-state index contributed by atoms with van der Waals surface area (Å²) in [4.78, 5) is 4.60. The highest BCUT2D eigenvalue weighted by Crippen LogP contribution is 2.35. The molecule has 1 aliphatic rings. The first kappa shape index (κ1) is 14.5. The molecular weight excluding hydrogens is 378 g/mol. The third-order valence-corrected chi connectivity index (χ3v) is 4.71. The topological polar surface area (TPSA) is 56.0 Å². The molecule has 0 amide bonds. The minimum atomic E-state index is -0.0650. The first-order valence-corrected chi connectivity index (χ1v) is 8.25. The quantitative estimate of drug-likeness (QED) is 0.661. The molecule has 1 unspecified atom stereocenters. The molecule has 7 heteroatoms. The number of halogens is 2. The van der Waals surface area contributed by atoms with Crippen molar-refractivity contribution in [2.45, 2.75) is 12.5 Å².